The van der Waals surface area contributed by atoms with Crippen LogP contribution in [-0.4, -0.2) is 57.7 Å². The summed E-state index contributed by atoms with van der Waals surface area (Å²) < 4.78 is 11.0. The van der Waals surface area contributed by atoms with Crippen molar-refractivity contribution < 1.29 is 19.1 Å². The molecule has 0 bridgehead atoms. The second kappa shape index (κ2) is 7.95. The lowest BCUT2D eigenvalue weighted by Gasteiger charge is -2.30. The molecule has 2 aliphatic heterocycles. The number of carbonyl (C=O) groups excluding carboxylic acids is 2. The van der Waals surface area contributed by atoms with Gasteiger partial charge in [0.15, 0.2) is 0 Å². The van der Waals surface area contributed by atoms with Crippen LogP contribution in [0.25, 0.3) is 0 Å². The molecule has 0 aromatic heterocycles. The van der Waals surface area contributed by atoms with E-state index in [1.807, 2.05) is 51.1 Å². The fraction of sp³-hybridized carbons (Fsp3) is 0.550. The van der Waals surface area contributed by atoms with Crippen molar-refractivity contribution in [1.82, 2.24) is 9.80 Å². The number of nitrogens with zero attached hydrogens (tertiary/aromatic N) is 2. The summed E-state index contributed by atoms with van der Waals surface area (Å²) in [6.07, 6.45) is -0.173. The predicted octanol–water partition coefficient (Wildman–Crippen LogP) is 2.92. The molecular formula is C20H27N3O4S. The number of likely N-dealkylation sites (tertiary alicyclic amines) is 2. The predicted molar refractivity (Wildman–Crippen MR) is 109 cm³/mol. The van der Waals surface area contributed by atoms with E-state index in [0.29, 0.717) is 24.5 Å². The third kappa shape index (κ3) is 4.38. The Hall–Kier alpha value is -2.35. The van der Waals surface area contributed by atoms with Crippen LogP contribution in [0.15, 0.2) is 30.3 Å². The third-order valence-corrected chi connectivity index (χ3v) is 5.36. The molecule has 152 valence electrons. The summed E-state index contributed by atoms with van der Waals surface area (Å²) in [6, 6.07) is 9.04. The van der Waals surface area contributed by atoms with Gasteiger partial charge in [-0.05, 0) is 32.8 Å². The first-order valence-corrected chi connectivity index (χ1v) is 9.84. The first-order chi connectivity index (χ1) is 13.2. The maximum absolute atomic E-state index is 12.7. The van der Waals surface area contributed by atoms with Gasteiger partial charge >= 0.3 is 12.2 Å². The highest BCUT2D eigenvalue weighted by Gasteiger charge is 2.53. The third-order valence-electron chi connectivity index (χ3n) is 5.06. The largest absolute Gasteiger partial charge is 0.445 e. The minimum Gasteiger partial charge on any atom is -0.445 e. The van der Waals surface area contributed by atoms with Crippen molar-refractivity contribution in [3.05, 3.63) is 35.9 Å². The molecule has 7 nitrogen and oxygen atoms in total. The highest BCUT2D eigenvalue weighted by atomic mass is 32.1. The molecule has 3 rings (SSSR count). The molecule has 3 unspecified atom stereocenters. The van der Waals surface area contributed by atoms with Gasteiger partial charge in [-0.1, -0.05) is 42.5 Å². The molecule has 0 saturated carbocycles. The van der Waals surface area contributed by atoms with Crippen molar-refractivity contribution in [3.8, 4) is 0 Å². The summed E-state index contributed by atoms with van der Waals surface area (Å²) >= 11 is 5.23. The second-order valence-corrected chi connectivity index (χ2v) is 8.69. The number of ether oxygens (including phenoxy) is 2. The van der Waals surface area contributed by atoms with Crippen LogP contribution < -0.4 is 5.73 Å². The zero-order chi connectivity index (χ0) is 20.5. The van der Waals surface area contributed by atoms with Crippen LogP contribution in [0.5, 0.6) is 0 Å². The van der Waals surface area contributed by atoms with E-state index in [4.69, 9.17) is 27.4 Å². The zero-order valence-electron chi connectivity index (χ0n) is 16.5. The average Bonchev–Trinajstić information content (AvgIpc) is 3.19. The molecule has 1 aromatic carbocycles. The summed E-state index contributed by atoms with van der Waals surface area (Å²) in [5, 5.41) is 0. The molecule has 2 aliphatic rings. The van der Waals surface area contributed by atoms with Gasteiger partial charge in [0.1, 0.15) is 12.2 Å². The summed E-state index contributed by atoms with van der Waals surface area (Å²) in [6.45, 7) is 6.51. The Morgan fingerprint density at radius 2 is 1.86 bits per heavy atom. The van der Waals surface area contributed by atoms with Crippen LogP contribution in [0.2, 0.25) is 0 Å². The van der Waals surface area contributed by atoms with Gasteiger partial charge in [-0.25, -0.2) is 9.59 Å². The van der Waals surface area contributed by atoms with E-state index in [0.717, 1.165) is 5.56 Å². The van der Waals surface area contributed by atoms with Gasteiger partial charge in [0, 0.05) is 19.0 Å². The lowest BCUT2D eigenvalue weighted by Crippen LogP contribution is -2.47. The fourth-order valence-electron chi connectivity index (χ4n) is 3.88. The number of nitrogens with two attached hydrogens (primary N) is 1. The molecule has 8 heteroatoms. The summed E-state index contributed by atoms with van der Waals surface area (Å²) in [5.41, 5.74) is 6.26. The Morgan fingerprint density at radius 1 is 1.18 bits per heavy atom. The minimum atomic E-state index is -0.596. The molecule has 28 heavy (non-hydrogen) atoms. The SMILES string of the molecule is CC(C)(C)OC(=O)N1CCC2C1C(C(N)=S)CN2C(=O)OCc1ccccc1. The Balaban J connectivity index is 1.71. The number of rotatable bonds is 3. The van der Waals surface area contributed by atoms with Crippen molar-refractivity contribution in [1.29, 1.82) is 0 Å². The molecule has 2 saturated heterocycles. The number of fused-ring (bicyclic) bond motifs is 1. The highest BCUT2D eigenvalue weighted by molar-refractivity contribution is 7.80. The van der Waals surface area contributed by atoms with Crippen LogP contribution in [0, 0.1) is 5.92 Å². The number of carbonyl (C=O) groups is 2. The van der Waals surface area contributed by atoms with Crippen molar-refractivity contribution in [3.63, 3.8) is 0 Å². The molecule has 0 spiro atoms. The molecule has 2 fully saturated rings. The Bertz CT molecular complexity index is 750. The van der Waals surface area contributed by atoms with Crippen molar-refractivity contribution in [2.45, 2.75) is 51.5 Å². The summed E-state index contributed by atoms with van der Waals surface area (Å²) in [7, 11) is 0. The van der Waals surface area contributed by atoms with Crippen molar-refractivity contribution in [2.75, 3.05) is 13.1 Å². The Morgan fingerprint density at radius 3 is 2.46 bits per heavy atom. The molecule has 3 atom stereocenters. The molecule has 0 radical (unpaired) electrons. The topological polar surface area (TPSA) is 85.1 Å². The monoisotopic (exact) mass is 405 g/mol. The van der Waals surface area contributed by atoms with Crippen molar-refractivity contribution in [2.24, 2.45) is 11.7 Å². The molecular weight excluding hydrogens is 378 g/mol. The molecule has 1 aromatic rings. The number of hydrogen-bond donors (Lipinski definition) is 1. The highest BCUT2D eigenvalue weighted by Crippen LogP contribution is 2.37. The zero-order valence-corrected chi connectivity index (χ0v) is 17.3. The minimum absolute atomic E-state index is 0.178. The normalized spacial score (nSPS) is 24.0. The second-order valence-electron chi connectivity index (χ2n) is 8.22. The van der Waals surface area contributed by atoms with Gasteiger partial charge < -0.3 is 25.0 Å². The van der Waals surface area contributed by atoms with E-state index in [1.165, 1.54) is 0 Å². The van der Waals surface area contributed by atoms with Crippen molar-refractivity contribution >= 4 is 29.4 Å². The standard InChI is InChI=1S/C20H27N3O4S/c1-20(2,3)27-19(25)22-10-9-15-16(22)14(17(21)28)11-23(15)18(24)26-12-13-7-5-4-6-8-13/h4-8,14-16H,9-12H2,1-3H3,(H2,21,28). The molecule has 0 aliphatic carbocycles. The van der Waals surface area contributed by atoms with E-state index in [1.54, 1.807) is 9.80 Å². The van der Waals surface area contributed by atoms with Gasteiger partial charge in [-0.2, -0.15) is 0 Å². The van der Waals surface area contributed by atoms with Gasteiger partial charge in [0.05, 0.1) is 17.1 Å². The average molecular weight is 406 g/mol. The first-order valence-electron chi connectivity index (χ1n) is 9.43. The Labute approximate surface area is 170 Å². The molecule has 2 amide bonds. The van der Waals surface area contributed by atoms with Crippen LogP contribution in [0.1, 0.15) is 32.8 Å². The number of thiocarbonyl (C=S) groups is 1. The quantitative estimate of drug-likeness (QED) is 0.779. The smallest absolute Gasteiger partial charge is 0.410 e. The van der Waals surface area contributed by atoms with E-state index < -0.39 is 17.8 Å². The van der Waals surface area contributed by atoms with E-state index in [9.17, 15) is 9.59 Å². The van der Waals surface area contributed by atoms with Gasteiger partial charge in [-0.3, -0.25) is 0 Å². The van der Waals surface area contributed by atoms with E-state index in [-0.39, 0.29) is 24.6 Å². The maximum atomic E-state index is 12.7. The Kier molecular flexibility index (Phi) is 5.79. The number of hydrogen-bond acceptors (Lipinski definition) is 5. The lowest BCUT2D eigenvalue weighted by atomic mass is 10.00. The van der Waals surface area contributed by atoms with Crippen LogP contribution >= 0.6 is 12.2 Å². The van der Waals surface area contributed by atoms with Gasteiger partial charge in [0.25, 0.3) is 0 Å². The molecule has 2 heterocycles. The summed E-state index contributed by atoms with van der Waals surface area (Å²) in [4.78, 5) is 29.0. The maximum Gasteiger partial charge on any atom is 0.410 e. The first kappa shape index (κ1) is 20.4. The number of benzene rings is 1. The summed E-state index contributed by atoms with van der Waals surface area (Å²) in [5.74, 6) is -0.278. The number of amides is 2. The van der Waals surface area contributed by atoms with Crippen LogP contribution in [-0.2, 0) is 16.1 Å². The van der Waals surface area contributed by atoms with Crippen LogP contribution in [0.4, 0.5) is 9.59 Å². The van der Waals surface area contributed by atoms with Gasteiger partial charge in [0.2, 0.25) is 0 Å². The van der Waals surface area contributed by atoms with E-state index >= 15 is 0 Å². The lowest BCUT2D eigenvalue weighted by molar-refractivity contribution is 0.0207. The van der Waals surface area contributed by atoms with E-state index in [2.05, 4.69) is 0 Å². The van der Waals surface area contributed by atoms with Crippen LogP contribution in [0.3, 0.4) is 0 Å². The molecule has 2 N–H and O–H groups in total. The fourth-order valence-corrected chi connectivity index (χ4v) is 4.10. The van der Waals surface area contributed by atoms with Gasteiger partial charge in [-0.15, -0.1) is 0 Å².